The summed E-state index contributed by atoms with van der Waals surface area (Å²) in [4.78, 5) is 20.2. The van der Waals surface area contributed by atoms with Gasteiger partial charge in [0.1, 0.15) is 0 Å². The molecule has 0 spiro atoms. The maximum absolute atomic E-state index is 12.4. The lowest BCUT2D eigenvalue weighted by Gasteiger charge is -2.09. The van der Waals surface area contributed by atoms with Gasteiger partial charge in [0.25, 0.3) is 5.91 Å². The predicted octanol–water partition coefficient (Wildman–Crippen LogP) is 2.77. The number of hydrogen-bond acceptors (Lipinski definition) is 6. The van der Waals surface area contributed by atoms with Gasteiger partial charge in [0, 0.05) is 25.1 Å². The van der Waals surface area contributed by atoms with Crippen LogP contribution in [-0.4, -0.2) is 32.3 Å². The zero-order valence-electron chi connectivity index (χ0n) is 15.2. The monoisotopic (exact) mass is 366 g/mol. The van der Waals surface area contributed by atoms with Gasteiger partial charge >= 0.3 is 0 Å². The lowest BCUT2D eigenvalue weighted by Crippen LogP contribution is -2.16. The highest BCUT2D eigenvalue weighted by Gasteiger charge is 2.18. The lowest BCUT2D eigenvalue weighted by atomic mass is 10.1. The molecule has 0 atom stereocenters. The molecule has 1 aliphatic rings. The summed E-state index contributed by atoms with van der Waals surface area (Å²) >= 11 is 0. The Balaban J connectivity index is 1.53. The molecule has 1 aromatic carbocycles. The first-order valence-corrected chi connectivity index (χ1v) is 9.09. The van der Waals surface area contributed by atoms with E-state index in [4.69, 9.17) is 10.5 Å². The molecule has 0 saturated heterocycles. The summed E-state index contributed by atoms with van der Waals surface area (Å²) in [7, 11) is 1.86. The lowest BCUT2D eigenvalue weighted by molar-refractivity contribution is 0.102. The van der Waals surface area contributed by atoms with Crippen LogP contribution in [0.3, 0.4) is 0 Å². The van der Waals surface area contributed by atoms with Gasteiger partial charge in [-0.2, -0.15) is 0 Å². The van der Waals surface area contributed by atoms with Gasteiger partial charge in [-0.05, 0) is 37.0 Å². The third-order valence-corrected chi connectivity index (χ3v) is 4.95. The third kappa shape index (κ3) is 3.55. The summed E-state index contributed by atoms with van der Waals surface area (Å²) in [6.07, 6.45) is 7.91. The highest BCUT2D eigenvalue weighted by atomic mass is 16.5. The number of carbonyl (C=O) groups is 1. The van der Waals surface area contributed by atoms with E-state index in [1.54, 1.807) is 4.68 Å². The first-order valence-electron chi connectivity index (χ1n) is 9.09. The van der Waals surface area contributed by atoms with Crippen LogP contribution >= 0.6 is 0 Å². The molecule has 0 aliphatic heterocycles. The SMILES string of the molecule is Cn1nc(OCC2CCCC2)c2ccc(NC(=O)c3nccnc3N)cc21. The van der Waals surface area contributed by atoms with Crippen LogP contribution in [0.5, 0.6) is 5.88 Å². The number of aromatic nitrogens is 4. The molecule has 2 heterocycles. The normalized spacial score (nSPS) is 14.6. The number of nitrogen functional groups attached to an aromatic ring is 1. The first kappa shape index (κ1) is 17.3. The van der Waals surface area contributed by atoms with Crippen molar-refractivity contribution in [2.24, 2.45) is 13.0 Å². The minimum absolute atomic E-state index is 0.0965. The number of hydrogen-bond donors (Lipinski definition) is 2. The fourth-order valence-electron chi connectivity index (χ4n) is 3.50. The molecule has 4 rings (SSSR count). The molecular formula is C19H22N6O2. The molecule has 1 aliphatic carbocycles. The van der Waals surface area contributed by atoms with Gasteiger partial charge in [-0.1, -0.05) is 12.8 Å². The topological polar surface area (TPSA) is 108 Å². The van der Waals surface area contributed by atoms with E-state index in [9.17, 15) is 4.79 Å². The Kier molecular flexibility index (Phi) is 4.62. The summed E-state index contributed by atoms with van der Waals surface area (Å²) in [6.45, 7) is 0.705. The predicted molar refractivity (Wildman–Crippen MR) is 103 cm³/mol. The largest absolute Gasteiger partial charge is 0.476 e. The van der Waals surface area contributed by atoms with Crippen LogP contribution < -0.4 is 15.8 Å². The molecule has 8 nitrogen and oxygen atoms in total. The molecule has 3 aromatic rings. The van der Waals surface area contributed by atoms with Crippen molar-refractivity contribution in [3.63, 3.8) is 0 Å². The molecule has 0 radical (unpaired) electrons. The number of nitrogens with one attached hydrogen (secondary N) is 1. The molecule has 0 bridgehead atoms. The minimum atomic E-state index is -0.403. The van der Waals surface area contributed by atoms with E-state index >= 15 is 0 Å². The Morgan fingerprint density at radius 3 is 2.85 bits per heavy atom. The van der Waals surface area contributed by atoms with Crippen LogP contribution in [-0.2, 0) is 7.05 Å². The molecule has 1 saturated carbocycles. The fraction of sp³-hybridized carbons (Fsp3) is 0.368. The number of benzene rings is 1. The molecule has 1 fully saturated rings. The van der Waals surface area contributed by atoms with Crippen LogP contribution in [0.1, 0.15) is 36.2 Å². The van der Waals surface area contributed by atoms with E-state index in [1.165, 1.54) is 38.1 Å². The number of rotatable bonds is 5. The van der Waals surface area contributed by atoms with Crippen LogP contribution in [0.2, 0.25) is 0 Å². The van der Waals surface area contributed by atoms with E-state index in [0.29, 0.717) is 24.1 Å². The van der Waals surface area contributed by atoms with Gasteiger partial charge in [-0.3, -0.25) is 9.48 Å². The number of nitrogens with two attached hydrogens (primary N) is 1. The number of amides is 1. The van der Waals surface area contributed by atoms with Gasteiger partial charge in [0.15, 0.2) is 11.5 Å². The zero-order valence-corrected chi connectivity index (χ0v) is 15.2. The number of carbonyl (C=O) groups excluding carboxylic acids is 1. The summed E-state index contributed by atoms with van der Waals surface area (Å²) in [5, 5.41) is 8.21. The average Bonchev–Trinajstić information content (AvgIpc) is 3.28. The maximum Gasteiger partial charge on any atom is 0.278 e. The summed E-state index contributed by atoms with van der Waals surface area (Å²) in [5.74, 6) is 0.951. The number of ether oxygens (including phenoxy) is 1. The van der Waals surface area contributed by atoms with Crippen molar-refractivity contribution in [2.75, 3.05) is 17.7 Å². The third-order valence-electron chi connectivity index (χ3n) is 4.95. The number of fused-ring (bicyclic) bond motifs is 1. The smallest absolute Gasteiger partial charge is 0.278 e. The average molecular weight is 366 g/mol. The molecule has 8 heteroatoms. The van der Waals surface area contributed by atoms with Crippen molar-refractivity contribution in [1.82, 2.24) is 19.7 Å². The van der Waals surface area contributed by atoms with Crippen molar-refractivity contribution in [2.45, 2.75) is 25.7 Å². The zero-order chi connectivity index (χ0) is 18.8. The van der Waals surface area contributed by atoms with Gasteiger partial charge in [-0.15, -0.1) is 5.10 Å². The van der Waals surface area contributed by atoms with E-state index in [0.717, 1.165) is 10.9 Å². The second-order valence-corrected chi connectivity index (χ2v) is 6.87. The fourth-order valence-corrected chi connectivity index (χ4v) is 3.50. The summed E-state index contributed by atoms with van der Waals surface area (Å²) < 4.78 is 7.73. The molecule has 2 aromatic heterocycles. The number of anilines is 2. The number of aryl methyl sites for hydroxylation is 1. The molecule has 27 heavy (non-hydrogen) atoms. The second kappa shape index (κ2) is 7.22. The van der Waals surface area contributed by atoms with Crippen molar-refractivity contribution >= 4 is 28.3 Å². The quantitative estimate of drug-likeness (QED) is 0.719. The van der Waals surface area contributed by atoms with Crippen LogP contribution in [0.25, 0.3) is 10.9 Å². The van der Waals surface area contributed by atoms with E-state index in [2.05, 4.69) is 20.4 Å². The Labute approximate surface area is 156 Å². The summed E-state index contributed by atoms with van der Waals surface area (Å²) in [5.41, 5.74) is 7.32. The van der Waals surface area contributed by atoms with Gasteiger partial charge in [-0.25, -0.2) is 9.97 Å². The molecule has 0 unspecified atom stereocenters. The maximum atomic E-state index is 12.4. The summed E-state index contributed by atoms with van der Waals surface area (Å²) in [6, 6.07) is 5.58. The van der Waals surface area contributed by atoms with Crippen molar-refractivity contribution in [3.05, 3.63) is 36.3 Å². The first-order chi connectivity index (χ1) is 13.1. The Morgan fingerprint density at radius 2 is 2.07 bits per heavy atom. The highest BCUT2D eigenvalue weighted by Crippen LogP contribution is 2.30. The molecule has 1 amide bonds. The van der Waals surface area contributed by atoms with Crippen LogP contribution in [0.4, 0.5) is 11.5 Å². The van der Waals surface area contributed by atoms with Crippen molar-refractivity contribution < 1.29 is 9.53 Å². The minimum Gasteiger partial charge on any atom is -0.476 e. The highest BCUT2D eigenvalue weighted by molar-refractivity contribution is 6.06. The van der Waals surface area contributed by atoms with Crippen LogP contribution in [0.15, 0.2) is 30.6 Å². The van der Waals surface area contributed by atoms with E-state index < -0.39 is 5.91 Å². The Hall–Kier alpha value is -3.16. The number of nitrogens with zero attached hydrogens (tertiary/aromatic N) is 4. The Morgan fingerprint density at radius 1 is 1.30 bits per heavy atom. The van der Waals surface area contributed by atoms with Gasteiger partial charge in [0.2, 0.25) is 5.88 Å². The van der Waals surface area contributed by atoms with E-state index in [-0.39, 0.29) is 11.5 Å². The Bertz CT molecular complexity index is 977. The molecule has 3 N–H and O–H groups in total. The molecular weight excluding hydrogens is 344 g/mol. The van der Waals surface area contributed by atoms with E-state index in [1.807, 2.05) is 25.2 Å². The van der Waals surface area contributed by atoms with Crippen molar-refractivity contribution in [3.8, 4) is 5.88 Å². The van der Waals surface area contributed by atoms with Gasteiger partial charge < -0.3 is 15.8 Å². The van der Waals surface area contributed by atoms with Crippen molar-refractivity contribution in [1.29, 1.82) is 0 Å². The standard InChI is InChI=1S/C19H22N6O2/c1-25-15-10-13(23-18(26)16-17(20)22-9-8-21-16)6-7-14(15)19(24-25)27-11-12-4-2-3-5-12/h6-10,12H,2-5,11H2,1H3,(H2,20,22)(H,23,26). The second-order valence-electron chi connectivity index (χ2n) is 6.87. The van der Waals surface area contributed by atoms with Gasteiger partial charge in [0.05, 0.1) is 17.5 Å². The van der Waals surface area contributed by atoms with Crippen LogP contribution in [0, 0.1) is 5.92 Å². The molecule has 140 valence electrons.